The van der Waals surface area contributed by atoms with Crippen LogP contribution in [0.4, 0.5) is 0 Å². The highest BCUT2D eigenvalue weighted by Crippen LogP contribution is 2.38. The van der Waals surface area contributed by atoms with Crippen LogP contribution in [-0.2, 0) is 12.8 Å². The van der Waals surface area contributed by atoms with Crippen LogP contribution >= 0.6 is 35.1 Å². The summed E-state index contributed by atoms with van der Waals surface area (Å²) in [6, 6.07) is 12.1. The fourth-order valence-corrected chi connectivity index (χ4v) is 4.43. The van der Waals surface area contributed by atoms with Crippen LogP contribution in [-0.4, -0.2) is 16.1 Å². The summed E-state index contributed by atoms with van der Waals surface area (Å²) in [5.41, 5.74) is 2.49. The van der Waals surface area contributed by atoms with Gasteiger partial charge in [0.1, 0.15) is 5.75 Å². The van der Waals surface area contributed by atoms with E-state index in [1.54, 1.807) is 17.8 Å². The van der Waals surface area contributed by atoms with Gasteiger partial charge in [-0.3, -0.25) is 0 Å². The molecule has 1 saturated heterocycles. The summed E-state index contributed by atoms with van der Waals surface area (Å²) in [7, 11) is 0. The number of hydrogen-bond acceptors (Lipinski definition) is 3. The minimum atomic E-state index is 0.334. The Morgan fingerprint density at radius 3 is 2.74 bits per heavy atom. The highest BCUT2D eigenvalue weighted by molar-refractivity contribution is 8.06. The summed E-state index contributed by atoms with van der Waals surface area (Å²) >= 11 is 10.0. The minimum absolute atomic E-state index is 0.334. The highest BCUT2D eigenvalue weighted by atomic mass is 35.5. The largest absolute Gasteiger partial charge is 0.507 e. The second-order valence-corrected chi connectivity index (χ2v) is 8.76. The molecule has 1 unspecified atom stereocenters. The quantitative estimate of drug-likeness (QED) is 0.591. The molecule has 0 spiro atoms. The van der Waals surface area contributed by atoms with Crippen LogP contribution in [0.15, 0.2) is 46.2 Å². The molecule has 0 aliphatic carbocycles. The number of aromatic hydroxyl groups is 1. The molecule has 1 heterocycles. The highest BCUT2D eigenvalue weighted by Gasteiger charge is 2.22. The lowest BCUT2D eigenvalue weighted by molar-refractivity contribution is 0.462. The van der Waals surface area contributed by atoms with E-state index in [4.69, 9.17) is 11.6 Å². The summed E-state index contributed by atoms with van der Waals surface area (Å²) in [5, 5.41) is 11.8. The molecular formula is C19H21ClOS2. The van der Waals surface area contributed by atoms with E-state index in [0.717, 1.165) is 39.3 Å². The molecule has 4 heteroatoms. The molecule has 1 aliphatic rings. The van der Waals surface area contributed by atoms with Crippen molar-refractivity contribution in [2.45, 2.75) is 47.6 Å². The Morgan fingerprint density at radius 2 is 2.04 bits per heavy atom. The molecule has 2 aromatic rings. The Balaban J connectivity index is 1.71. The normalized spacial score (nSPS) is 16.5. The van der Waals surface area contributed by atoms with Crippen LogP contribution in [0.25, 0.3) is 0 Å². The fourth-order valence-electron chi connectivity index (χ4n) is 2.56. The predicted molar refractivity (Wildman–Crippen MR) is 102 cm³/mol. The molecule has 3 rings (SSSR count). The second kappa shape index (κ2) is 7.87. The van der Waals surface area contributed by atoms with Crippen molar-refractivity contribution in [2.75, 3.05) is 5.75 Å². The number of phenolic OH excluding ortho intramolecular Hbond substituents is 1. The first kappa shape index (κ1) is 17.1. The lowest BCUT2D eigenvalue weighted by atomic mass is 10.1. The fraction of sp³-hybridized carbons (Fsp3) is 0.368. The lowest BCUT2D eigenvalue weighted by Gasteiger charge is -2.09. The molecule has 1 aliphatic heterocycles. The summed E-state index contributed by atoms with van der Waals surface area (Å²) in [6.45, 7) is 2.16. The number of aryl methyl sites for hydroxylation is 2. The number of rotatable bonds is 7. The summed E-state index contributed by atoms with van der Waals surface area (Å²) in [6.07, 6.45) is 4.41. The van der Waals surface area contributed by atoms with Crippen molar-refractivity contribution in [1.29, 1.82) is 0 Å². The first-order chi connectivity index (χ1) is 11.2. The van der Waals surface area contributed by atoms with Crippen LogP contribution in [0.1, 0.15) is 30.9 Å². The molecule has 0 bridgehead atoms. The van der Waals surface area contributed by atoms with Gasteiger partial charge in [-0.05, 0) is 54.7 Å². The average molecular weight is 365 g/mol. The predicted octanol–water partition coefficient (Wildman–Crippen LogP) is 6.20. The molecular weight excluding hydrogens is 344 g/mol. The van der Waals surface area contributed by atoms with Gasteiger partial charge in [0.05, 0.1) is 4.90 Å². The van der Waals surface area contributed by atoms with Crippen molar-refractivity contribution >= 4 is 35.1 Å². The molecule has 122 valence electrons. The van der Waals surface area contributed by atoms with Crippen LogP contribution in [0, 0.1) is 0 Å². The first-order valence-electron chi connectivity index (χ1n) is 8.05. The Bertz CT molecular complexity index is 683. The average Bonchev–Trinajstić information content (AvgIpc) is 3.34. The third-order valence-electron chi connectivity index (χ3n) is 3.95. The van der Waals surface area contributed by atoms with Crippen molar-refractivity contribution < 1.29 is 5.11 Å². The van der Waals surface area contributed by atoms with E-state index in [-0.39, 0.29) is 0 Å². The van der Waals surface area contributed by atoms with Gasteiger partial charge < -0.3 is 5.11 Å². The van der Waals surface area contributed by atoms with Gasteiger partial charge in [-0.25, -0.2) is 0 Å². The van der Waals surface area contributed by atoms with Gasteiger partial charge in [-0.15, -0.1) is 0 Å². The van der Waals surface area contributed by atoms with Gasteiger partial charge in [0.25, 0.3) is 0 Å². The molecule has 1 atom stereocenters. The standard InChI is InChI=1S/C19H21ClOS2/c1-2-3-13-4-9-18(21)19(10-13)23-15-7-5-14(17(20)11-15)6-8-16-12-22-16/h4-5,7,9-11,16,21H,2-3,6,8,12H2,1H3. The molecule has 0 amide bonds. The molecule has 23 heavy (non-hydrogen) atoms. The number of benzene rings is 2. The van der Waals surface area contributed by atoms with Crippen molar-refractivity contribution in [2.24, 2.45) is 0 Å². The zero-order valence-corrected chi connectivity index (χ0v) is 15.6. The van der Waals surface area contributed by atoms with E-state index < -0.39 is 0 Å². The summed E-state index contributed by atoms with van der Waals surface area (Å²) in [4.78, 5) is 1.97. The second-order valence-electron chi connectivity index (χ2n) is 5.90. The maximum absolute atomic E-state index is 10.1. The summed E-state index contributed by atoms with van der Waals surface area (Å²) < 4.78 is 0. The Labute approximate surface area is 151 Å². The van der Waals surface area contributed by atoms with Crippen LogP contribution in [0.3, 0.4) is 0 Å². The van der Waals surface area contributed by atoms with E-state index in [2.05, 4.69) is 25.1 Å². The van der Waals surface area contributed by atoms with E-state index >= 15 is 0 Å². The van der Waals surface area contributed by atoms with Crippen molar-refractivity contribution in [3.63, 3.8) is 0 Å². The molecule has 1 nitrogen and oxygen atoms in total. The number of hydrogen-bond donors (Lipinski definition) is 1. The maximum Gasteiger partial charge on any atom is 0.129 e. The van der Waals surface area contributed by atoms with Gasteiger partial charge in [-0.1, -0.05) is 48.8 Å². The first-order valence-corrected chi connectivity index (χ1v) is 10.3. The molecule has 0 saturated carbocycles. The van der Waals surface area contributed by atoms with Crippen LogP contribution in [0.5, 0.6) is 5.75 Å². The van der Waals surface area contributed by atoms with Gasteiger partial charge in [-0.2, -0.15) is 11.8 Å². The van der Waals surface area contributed by atoms with Gasteiger partial charge in [0.2, 0.25) is 0 Å². The third kappa shape index (κ3) is 4.85. The Morgan fingerprint density at radius 1 is 1.22 bits per heavy atom. The molecule has 1 N–H and O–H groups in total. The van der Waals surface area contributed by atoms with Crippen molar-refractivity contribution in [3.8, 4) is 5.75 Å². The van der Waals surface area contributed by atoms with E-state index in [1.165, 1.54) is 23.3 Å². The van der Waals surface area contributed by atoms with E-state index in [1.807, 2.05) is 23.9 Å². The van der Waals surface area contributed by atoms with E-state index in [9.17, 15) is 5.11 Å². The van der Waals surface area contributed by atoms with Gasteiger partial charge in [0, 0.05) is 20.9 Å². The van der Waals surface area contributed by atoms with Crippen molar-refractivity contribution in [3.05, 3.63) is 52.5 Å². The molecule has 0 radical (unpaired) electrons. The van der Waals surface area contributed by atoms with Gasteiger partial charge in [0.15, 0.2) is 0 Å². The lowest BCUT2D eigenvalue weighted by Crippen LogP contribution is -1.91. The monoisotopic (exact) mass is 364 g/mol. The van der Waals surface area contributed by atoms with Crippen LogP contribution < -0.4 is 0 Å². The zero-order chi connectivity index (χ0) is 16.2. The number of thioether (sulfide) groups is 1. The SMILES string of the molecule is CCCc1ccc(O)c(Sc2ccc(CCC3CS3)c(Cl)c2)c1. The Kier molecular flexibility index (Phi) is 5.84. The third-order valence-corrected chi connectivity index (χ3v) is 6.38. The Hall–Kier alpha value is -0.770. The molecule has 1 fully saturated rings. The topological polar surface area (TPSA) is 20.2 Å². The zero-order valence-electron chi connectivity index (χ0n) is 13.2. The van der Waals surface area contributed by atoms with Gasteiger partial charge >= 0.3 is 0 Å². The molecule has 0 aromatic heterocycles. The number of halogens is 1. The minimum Gasteiger partial charge on any atom is -0.507 e. The summed E-state index contributed by atoms with van der Waals surface area (Å²) in [5.74, 6) is 1.64. The number of phenols is 1. The van der Waals surface area contributed by atoms with Crippen LogP contribution in [0.2, 0.25) is 5.02 Å². The molecule has 2 aromatic carbocycles. The smallest absolute Gasteiger partial charge is 0.129 e. The van der Waals surface area contributed by atoms with E-state index in [0.29, 0.717) is 5.75 Å². The maximum atomic E-state index is 10.1. The van der Waals surface area contributed by atoms with Crippen molar-refractivity contribution in [1.82, 2.24) is 0 Å².